The van der Waals surface area contributed by atoms with E-state index >= 15 is 0 Å². The number of carbonyl (C=O) groups excluding carboxylic acids is 3. The Balaban J connectivity index is 1.11. The van der Waals surface area contributed by atoms with E-state index in [0.717, 1.165) is 43.6 Å². The molecule has 0 saturated carbocycles. The zero-order valence-corrected chi connectivity index (χ0v) is 21.0. The van der Waals surface area contributed by atoms with Gasteiger partial charge in [0.2, 0.25) is 11.9 Å². The SMILES string of the molecule is Cc1cc(N2CCN(C)CC2)nc(N2CCN(C(=O)CCCN3C(=O)c4ccccc4C3=O)CC2)n1. The quantitative estimate of drug-likeness (QED) is 0.558. The first-order chi connectivity index (χ1) is 17.4. The molecule has 4 heterocycles. The average molecular weight is 492 g/mol. The van der Waals surface area contributed by atoms with E-state index in [1.165, 1.54) is 4.90 Å². The summed E-state index contributed by atoms with van der Waals surface area (Å²) in [6.45, 7) is 8.76. The number of carbonyl (C=O) groups is 3. The first-order valence-corrected chi connectivity index (χ1v) is 12.7. The third-order valence-corrected chi connectivity index (χ3v) is 7.22. The predicted octanol–water partition coefficient (Wildman–Crippen LogP) is 1.26. The highest BCUT2D eigenvalue weighted by atomic mass is 16.2. The van der Waals surface area contributed by atoms with E-state index in [9.17, 15) is 14.4 Å². The molecular formula is C26H33N7O3. The van der Waals surface area contributed by atoms with E-state index < -0.39 is 0 Å². The van der Waals surface area contributed by atoms with Crippen LogP contribution < -0.4 is 9.80 Å². The van der Waals surface area contributed by atoms with E-state index in [1.54, 1.807) is 24.3 Å². The maximum absolute atomic E-state index is 12.8. The number of aromatic nitrogens is 2. The molecule has 36 heavy (non-hydrogen) atoms. The van der Waals surface area contributed by atoms with Crippen molar-refractivity contribution in [3.8, 4) is 0 Å². The Morgan fingerprint density at radius 3 is 2.11 bits per heavy atom. The van der Waals surface area contributed by atoms with Gasteiger partial charge >= 0.3 is 0 Å². The number of benzene rings is 1. The third kappa shape index (κ3) is 4.90. The highest BCUT2D eigenvalue weighted by Gasteiger charge is 2.34. The van der Waals surface area contributed by atoms with E-state index in [0.29, 0.717) is 50.1 Å². The molecule has 190 valence electrons. The fourth-order valence-electron chi connectivity index (χ4n) is 5.02. The molecule has 3 aliphatic heterocycles. The van der Waals surface area contributed by atoms with Crippen molar-refractivity contribution >= 4 is 29.5 Å². The summed E-state index contributed by atoms with van der Waals surface area (Å²) in [5.41, 5.74) is 1.83. The number of aryl methyl sites for hydroxylation is 1. The number of piperazine rings is 2. The van der Waals surface area contributed by atoms with Crippen molar-refractivity contribution in [1.29, 1.82) is 0 Å². The molecule has 0 unspecified atom stereocenters. The zero-order valence-electron chi connectivity index (χ0n) is 21.0. The molecule has 2 saturated heterocycles. The van der Waals surface area contributed by atoms with Gasteiger partial charge in [-0.05, 0) is 32.5 Å². The molecular weight excluding hydrogens is 458 g/mol. The standard InChI is InChI=1S/C26H33N7O3/c1-19-18-22(30-12-10-29(2)11-13-30)28-26(27-19)32-16-14-31(15-17-32)23(34)8-5-9-33-24(35)20-6-3-4-7-21(20)25(33)36/h3-4,6-7,18H,5,8-17H2,1-2H3. The third-order valence-electron chi connectivity index (χ3n) is 7.22. The molecule has 1 aromatic carbocycles. The zero-order chi connectivity index (χ0) is 25.2. The second kappa shape index (κ2) is 10.2. The molecule has 10 nitrogen and oxygen atoms in total. The average Bonchev–Trinajstić information content (AvgIpc) is 3.14. The molecule has 0 bridgehead atoms. The Hall–Kier alpha value is -3.53. The van der Waals surface area contributed by atoms with E-state index in [1.807, 2.05) is 17.9 Å². The van der Waals surface area contributed by atoms with Gasteiger partial charge in [0.15, 0.2) is 0 Å². The van der Waals surface area contributed by atoms with Gasteiger partial charge < -0.3 is 19.6 Å². The summed E-state index contributed by atoms with van der Waals surface area (Å²) in [5, 5.41) is 0. The molecule has 5 rings (SSSR count). The molecule has 2 aromatic rings. The van der Waals surface area contributed by atoms with Gasteiger partial charge in [0.25, 0.3) is 11.8 Å². The number of rotatable bonds is 6. The first-order valence-electron chi connectivity index (χ1n) is 12.7. The summed E-state index contributed by atoms with van der Waals surface area (Å²) >= 11 is 0. The maximum atomic E-state index is 12.8. The number of hydrogen-bond donors (Lipinski definition) is 0. The Morgan fingerprint density at radius 1 is 0.861 bits per heavy atom. The van der Waals surface area contributed by atoms with Crippen LogP contribution in [0.2, 0.25) is 0 Å². The smallest absolute Gasteiger partial charge is 0.261 e. The van der Waals surface area contributed by atoms with Gasteiger partial charge in [-0.2, -0.15) is 4.98 Å². The van der Waals surface area contributed by atoms with Crippen LogP contribution in [0, 0.1) is 6.92 Å². The number of fused-ring (bicyclic) bond motifs is 1. The molecule has 0 radical (unpaired) electrons. The van der Waals surface area contributed by atoms with Crippen LogP contribution in [-0.2, 0) is 4.79 Å². The van der Waals surface area contributed by atoms with Crippen LogP contribution in [0.4, 0.5) is 11.8 Å². The Kier molecular flexibility index (Phi) is 6.86. The molecule has 0 spiro atoms. The van der Waals surface area contributed by atoms with Crippen LogP contribution in [0.15, 0.2) is 30.3 Å². The van der Waals surface area contributed by atoms with Crippen molar-refractivity contribution in [3.63, 3.8) is 0 Å². The van der Waals surface area contributed by atoms with Crippen LogP contribution in [0.3, 0.4) is 0 Å². The van der Waals surface area contributed by atoms with Crippen molar-refractivity contribution in [1.82, 2.24) is 24.7 Å². The summed E-state index contributed by atoms with van der Waals surface area (Å²) in [6, 6.07) is 8.90. The van der Waals surface area contributed by atoms with Crippen molar-refractivity contribution in [2.75, 3.05) is 75.8 Å². The molecule has 10 heteroatoms. The van der Waals surface area contributed by atoms with Crippen LogP contribution in [0.1, 0.15) is 39.3 Å². The monoisotopic (exact) mass is 491 g/mol. The minimum atomic E-state index is -0.272. The van der Waals surface area contributed by atoms with E-state index in [2.05, 4.69) is 26.7 Å². The Bertz CT molecular complexity index is 1120. The molecule has 0 atom stereocenters. The predicted molar refractivity (Wildman–Crippen MR) is 136 cm³/mol. The highest BCUT2D eigenvalue weighted by Crippen LogP contribution is 2.23. The molecule has 0 aliphatic carbocycles. The molecule has 0 N–H and O–H groups in total. The van der Waals surface area contributed by atoms with E-state index in [-0.39, 0.29) is 24.3 Å². The number of hydrogen-bond acceptors (Lipinski definition) is 8. The Labute approximate surface area is 211 Å². The number of likely N-dealkylation sites (N-methyl/N-ethyl adjacent to an activating group) is 1. The molecule has 3 amide bonds. The van der Waals surface area contributed by atoms with Gasteiger partial charge in [-0.1, -0.05) is 12.1 Å². The largest absolute Gasteiger partial charge is 0.354 e. The summed E-state index contributed by atoms with van der Waals surface area (Å²) in [4.78, 5) is 57.2. The lowest BCUT2D eigenvalue weighted by Gasteiger charge is -2.36. The summed E-state index contributed by atoms with van der Waals surface area (Å²) in [7, 11) is 2.14. The summed E-state index contributed by atoms with van der Waals surface area (Å²) in [6.07, 6.45) is 0.766. The fraction of sp³-hybridized carbons (Fsp3) is 0.500. The first kappa shape index (κ1) is 24.2. The van der Waals surface area contributed by atoms with Crippen molar-refractivity contribution < 1.29 is 14.4 Å². The lowest BCUT2D eigenvalue weighted by Crippen LogP contribution is -2.49. The number of anilines is 2. The normalized spacial score (nSPS) is 18.7. The minimum Gasteiger partial charge on any atom is -0.354 e. The van der Waals surface area contributed by atoms with E-state index in [4.69, 9.17) is 4.98 Å². The van der Waals surface area contributed by atoms with Crippen LogP contribution >= 0.6 is 0 Å². The van der Waals surface area contributed by atoms with Crippen molar-refractivity contribution in [2.45, 2.75) is 19.8 Å². The summed E-state index contributed by atoms with van der Waals surface area (Å²) in [5.74, 6) is 1.20. The van der Waals surface area contributed by atoms with Gasteiger partial charge in [0, 0.05) is 77.1 Å². The maximum Gasteiger partial charge on any atom is 0.261 e. The van der Waals surface area contributed by atoms with Gasteiger partial charge in [0.05, 0.1) is 11.1 Å². The van der Waals surface area contributed by atoms with Crippen LogP contribution in [0.25, 0.3) is 0 Å². The topological polar surface area (TPSA) is 93.2 Å². The van der Waals surface area contributed by atoms with Crippen molar-refractivity contribution in [3.05, 3.63) is 47.2 Å². The van der Waals surface area contributed by atoms with Crippen LogP contribution in [0.5, 0.6) is 0 Å². The molecule has 3 aliphatic rings. The number of amides is 3. The number of imide groups is 1. The van der Waals surface area contributed by atoms with Gasteiger partial charge in [-0.15, -0.1) is 0 Å². The van der Waals surface area contributed by atoms with Gasteiger partial charge in [-0.3, -0.25) is 19.3 Å². The second-order valence-electron chi connectivity index (χ2n) is 9.74. The lowest BCUT2D eigenvalue weighted by molar-refractivity contribution is -0.131. The summed E-state index contributed by atoms with van der Waals surface area (Å²) < 4.78 is 0. The Morgan fingerprint density at radius 2 is 1.47 bits per heavy atom. The molecule has 2 fully saturated rings. The minimum absolute atomic E-state index is 0.0505. The number of nitrogens with zero attached hydrogens (tertiary/aromatic N) is 7. The fourth-order valence-corrected chi connectivity index (χ4v) is 5.02. The second-order valence-corrected chi connectivity index (χ2v) is 9.74. The van der Waals surface area contributed by atoms with Gasteiger partial charge in [-0.25, -0.2) is 4.98 Å². The highest BCUT2D eigenvalue weighted by molar-refractivity contribution is 6.21. The molecule has 1 aromatic heterocycles. The van der Waals surface area contributed by atoms with Gasteiger partial charge in [0.1, 0.15) is 5.82 Å². The lowest BCUT2D eigenvalue weighted by atomic mass is 10.1. The van der Waals surface area contributed by atoms with Crippen molar-refractivity contribution in [2.24, 2.45) is 0 Å². The van der Waals surface area contributed by atoms with Crippen LogP contribution in [-0.4, -0.2) is 108 Å².